The van der Waals surface area contributed by atoms with Crippen molar-refractivity contribution >= 4 is 21.7 Å². The Kier molecular flexibility index (Phi) is 6.87. The van der Waals surface area contributed by atoms with Gasteiger partial charge < -0.3 is 15.0 Å². The van der Waals surface area contributed by atoms with Crippen molar-refractivity contribution in [2.45, 2.75) is 19.3 Å². The van der Waals surface area contributed by atoms with Crippen LogP contribution < -0.4 is 5.32 Å². The van der Waals surface area contributed by atoms with Crippen LogP contribution in [0.25, 0.3) is 0 Å². The zero-order valence-electron chi connectivity index (χ0n) is 15.1. The van der Waals surface area contributed by atoms with E-state index < -0.39 is 10.0 Å². The fourth-order valence-electron chi connectivity index (χ4n) is 3.20. The van der Waals surface area contributed by atoms with Gasteiger partial charge in [0.25, 0.3) is 0 Å². The Balaban J connectivity index is 1.65. The van der Waals surface area contributed by atoms with Crippen LogP contribution in [-0.4, -0.2) is 75.3 Å². The third-order valence-corrected chi connectivity index (χ3v) is 6.51. The van der Waals surface area contributed by atoms with Crippen LogP contribution in [0.15, 0.2) is 35.3 Å². The summed E-state index contributed by atoms with van der Waals surface area (Å²) >= 11 is 0. The Morgan fingerprint density at radius 3 is 2.42 bits per heavy atom. The lowest BCUT2D eigenvalue weighted by molar-refractivity contribution is 0.0731. The molecule has 0 atom stereocenters. The Morgan fingerprint density at radius 1 is 1.04 bits per heavy atom. The number of nitrogens with one attached hydrogen (secondary N) is 1. The van der Waals surface area contributed by atoms with E-state index in [1.165, 1.54) is 10.7 Å². The number of benzene rings is 1. The molecule has 1 aromatic rings. The first kappa shape index (κ1) is 19.1. The molecule has 2 aliphatic heterocycles. The van der Waals surface area contributed by atoms with Crippen LogP contribution in [0.4, 0.5) is 5.69 Å². The average Bonchev–Trinajstić information content (AvgIpc) is 2.69. The van der Waals surface area contributed by atoms with Gasteiger partial charge in [0.15, 0.2) is 5.96 Å². The minimum absolute atomic E-state index is 0.0286. The third-order valence-electron chi connectivity index (χ3n) is 4.66. The Labute approximate surface area is 156 Å². The van der Waals surface area contributed by atoms with Gasteiger partial charge in [0, 0.05) is 31.9 Å². The zero-order chi connectivity index (χ0) is 18.2. The highest BCUT2D eigenvalue weighted by Gasteiger charge is 2.24. The number of hydrogen-bond acceptors (Lipinski definition) is 4. The van der Waals surface area contributed by atoms with Gasteiger partial charge in [-0.15, -0.1) is 0 Å². The number of ether oxygens (including phenoxy) is 1. The molecule has 7 nitrogen and oxygen atoms in total. The maximum atomic E-state index is 12.5. The number of aliphatic imine (C=N–C) groups is 1. The Morgan fingerprint density at radius 2 is 1.73 bits per heavy atom. The second-order valence-electron chi connectivity index (χ2n) is 6.57. The van der Waals surface area contributed by atoms with E-state index in [4.69, 9.17) is 4.74 Å². The van der Waals surface area contributed by atoms with Crippen molar-refractivity contribution in [1.82, 2.24) is 9.21 Å². The van der Waals surface area contributed by atoms with Gasteiger partial charge in [-0.3, -0.25) is 4.99 Å². The molecule has 2 heterocycles. The van der Waals surface area contributed by atoms with Crippen LogP contribution in [0.5, 0.6) is 0 Å². The molecular formula is C18H28N4O3S. The summed E-state index contributed by atoms with van der Waals surface area (Å²) in [6.07, 6.45) is 3.52. The number of piperidine rings is 1. The maximum Gasteiger partial charge on any atom is 0.216 e. The monoisotopic (exact) mass is 380 g/mol. The molecule has 0 amide bonds. The van der Waals surface area contributed by atoms with Crippen LogP contribution in [0.3, 0.4) is 0 Å². The smallest absolute Gasteiger partial charge is 0.216 e. The van der Waals surface area contributed by atoms with Gasteiger partial charge in [0.2, 0.25) is 10.0 Å². The standard InChI is InChI=1S/C18H28N4O3S/c23-26(24,22-12-14-25-15-13-22)16-9-19-18(21-10-5-2-6-11-21)20-17-7-3-1-4-8-17/h1,3-4,7-8H,2,5-6,9-16H2,(H,19,20). The van der Waals surface area contributed by atoms with E-state index >= 15 is 0 Å². The molecule has 0 aromatic heterocycles. The van der Waals surface area contributed by atoms with Crippen molar-refractivity contribution in [2.75, 3.05) is 57.0 Å². The molecule has 2 fully saturated rings. The first-order valence-corrected chi connectivity index (χ1v) is 10.9. The topological polar surface area (TPSA) is 74.2 Å². The fraction of sp³-hybridized carbons (Fsp3) is 0.611. The Hall–Kier alpha value is -1.64. The zero-order valence-corrected chi connectivity index (χ0v) is 16.0. The molecule has 1 N–H and O–H groups in total. The first-order valence-electron chi connectivity index (χ1n) is 9.32. The van der Waals surface area contributed by atoms with Crippen molar-refractivity contribution in [3.05, 3.63) is 30.3 Å². The SMILES string of the molecule is O=S(=O)(CCN=C(Nc1ccccc1)N1CCCCC1)N1CCOCC1. The number of nitrogens with zero attached hydrogens (tertiary/aromatic N) is 3. The third kappa shape index (κ3) is 5.43. The molecule has 8 heteroatoms. The van der Waals surface area contributed by atoms with Crippen LogP contribution in [0.2, 0.25) is 0 Å². The van der Waals surface area contributed by atoms with Crippen LogP contribution in [0.1, 0.15) is 19.3 Å². The highest BCUT2D eigenvalue weighted by atomic mass is 32.2. The van der Waals surface area contributed by atoms with Crippen molar-refractivity contribution in [3.8, 4) is 0 Å². The van der Waals surface area contributed by atoms with Crippen LogP contribution in [0, 0.1) is 0 Å². The van der Waals surface area contributed by atoms with Gasteiger partial charge in [-0.05, 0) is 31.4 Å². The minimum Gasteiger partial charge on any atom is -0.379 e. The summed E-state index contributed by atoms with van der Waals surface area (Å²) in [6, 6.07) is 9.89. The van der Waals surface area contributed by atoms with Gasteiger partial charge >= 0.3 is 0 Å². The largest absolute Gasteiger partial charge is 0.379 e. The summed E-state index contributed by atoms with van der Waals surface area (Å²) in [7, 11) is -3.28. The summed E-state index contributed by atoms with van der Waals surface area (Å²) in [5.74, 6) is 0.800. The molecule has 2 saturated heterocycles. The highest BCUT2D eigenvalue weighted by Crippen LogP contribution is 2.13. The number of sulfonamides is 1. The van der Waals surface area contributed by atoms with Gasteiger partial charge in [-0.2, -0.15) is 4.31 Å². The molecule has 0 unspecified atom stereocenters. The quantitative estimate of drug-likeness (QED) is 0.620. The van der Waals surface area contributed by atoms with Gasteiger partial charge in [0.1, 0.15) is 0 Å². The Bertz CT molecular complexity index is 682. The maximum absolute atomic E-state index is 12.5. The van der Waals surface area contributed by atoms with E-state index in [-0.39, 0.29) is 12.3 Å². The summed E-state index contributed by atoms with van der Waals surface area (Å²) in [6.45, 7) is 3.98. The number of hydrogen-bond donors (Lipinski definition) is 1. The molecule has 144 valence electrons. The van der Waals surface area contributed by atoms with E-state index in [9.17, 15) is 8.42 Å². The number of guanidine groups is 1. The molecule has 0 radical (unpaired) electrons. The van der Waals surface area contributed by atoms with Crippen molar-refractivity contribution in [2.24, 2.45) is 4.99 Å². The lowest BCUT2D eigenvalue weighted by atomic mass is 10.1. The number of anilines is 1. The van der Waals surface area contributed by atoms with E-state index in [1.807, 2.05) is 30.3 Å². The molecule has 26 heavy (non-hydrogen) atoms. The first-order chi connectivity index (χ1) is 12.6. The summed E-state index contributed by atoms with van der Waals surface area (Å²) in [5.41, 5.74) is 0.966. The average molecular weight is 381 g/mol. The number of rotatable bonds is 5. The number of morpholine rings is 1. The minimum atomic E-state index is -3.28. The fourth-order valence-corrected chi connectivity index (χ4v) is 4.48. The molecule has 2 aliphatic rings. The van der Waals surface area contributed by atoms with E-state index in [0.29, 0.717) is 26.3 Å². The van der Waals surface area contributed by atoms with Crippen molar-refractivity contribution in [3.63, 3.8) is 0 Å². The lowest BCUT2D eigenvalue weighted by Crippen LogP contribution is -2.43. The van der Waals surface area contributed by atoms with Crippen molar-refractivity contribution in [1.29, 1.82) is 0 Å². The molecule has 0 saturated carbocycles. The second kappa shape index (κ2) is 9.34. The highest BCUT2D eigenvalue weighted by molar-refractivity contribution is 7.89. The molecule has 0 aliphatic carbocycles. The van der Waals surface area contributed by atoms with E-state index in [1.54, 1.807) is 0 Å². The summed E-state index contributed by atoms with van der Waals surface area (Å²) < 4.78 is 31.7. The van der Waals surface area contributed by atoms with Crippen LogP contribution in [-0.2, 0) is 14.8 Å². The normalized spacial score (nSPS) is 20.2. The molecular weight excluding hydrogens is 352 g/mol. The van der Waals surface area contributed by atoms with Gasteiger partial charge in [-0.1, -0.05) is 18.2 Å². The van der Waals surface area contributed by atoms with Crippen LogP contribution >= 0.6 is 0 Å². The molecule has 0 bridgehead atoms. The lowest BCUT2D eigenvalue weighted by Gasteiger charge is -2.30. The number of para-hydroxylation sites is 1. The van der Waals surface area contributed by atoms with Gasteiger partial charge in [-0.25, -0.2) is 8.42 Å². The predicted molar refractivity (Wildman–Crippen MR) is 104 cm³/mol. The van der Waals surface area contributed by atoms with E-state index in [0.717, 1.165) is 37.6 Å². The summed E-state index contributed by atoms with van der Waals surface area (Å²) in [4.78, 5) is 6.84. The predicted octanol–water partition coefficient (Wildman–Crippen LogP) is 1.60. The number of likely N-dealkylation sites (tertiary alicyclic amines) is 1. The van der Waals surface area contributed by atoms with E-state index in [2.05, 4.69) is 15.2 Å². The second-order valence-corrected chi connectivity index (χ2v) is 8.66. The summed E-state index contributed by atoms with van der Waals surface area (Å²) in [5, 5.41) is 3.36. The molecule has 0 spiro atoms. The van der Waals surface area contributed by atoms with Gasteiger partial charge in [0.05, 0.1) is 25.5 Å². The van der Waals surface area contributed by atoms with Crippen molar-refractivity contribution < 1.29 is 13.2 Å². The molecule has 1 aromatic carbocycles. The molecule has 3 rings (SSSR count).